The third kappa shape index (κ3) is 4.73. The first-order valence-electron chi connectivity index (χ1n) is 9.72. The Kier molecular flexibility index (Phi) is 6.25. The summed E-state index contributed by atoms with van der Waals surface area (Å²) in [6, 6.07) is 14.7. The van der Waals surface area contributed by atoms with Crippen LogP contribution in [0.4, 0.5) is 4.39 Å². The Labute approximate surface area is 188 Å². The lowest BCUT2D eigenvalue weighted by Gasteiger charge is -2.15. The van der Waals surface area contributed by atoms with Gasteiger partial charge in [0, 0.05) is 21.2 Å². The van der Waals surface area contributed by atoms with Gasteiger partial charge in [-0.25, -0.2) is 14.2 Å². The molecule has 31 heavy (non-hydrogen) atoms. The number of carbonyl (C=O) groups is 1. The summed E-state index contributed by atoms with van der Waals surface area (Å²) in [6.45, 7) is 0.0347. The lowest BCUT2D eigenvalue weighted by molar-refractivity contribution is 0.0690. The Balaban J connectivity index is 1.71. The molecule has 2 aromatic carbocycles. The number of rotatable bonds is 6. The number of benzene rings is 2. The zero-order chi connectivity index (χ0) is 22.0. The van der Waals surface area contributed by atoms with Crippen molar-refractivity contribution in [3.8, 4) is 5.75 Å². The van der Waals surface area contributed by atoms with Gasteiger partial charge in [-0.15, -0.1) is 0 Å². The number of allylic oxidation sites excluding steroid dienone is 2. The van der Waals surface area contributed by atoms with E-state index in [1.165, 1.54) is 12.1 Å². The van der Waals surface area contributed by atoms with Gasteiger partial charge < -0.3 is 9.84 Å². The summed E-state index contributed by atoms with van der Waals surface area (Å²) in [4.78, 5) is 15.6. The highest BCUT2D eigenvalue weighted by Gasteiger charge is 2.22. The maximum Gasteiger partial charge on any atom is 0.354 e. The number of carboxylic acid groups (broad SMARTS) is 1. The maximum atomic E-state index is 14.2. The second-order valence-corrected chi connectivity index (χ2v) is 8.06. The van der Waals surface area contributed by atoms with Gasteiger partial charge in [0.2, 0.25) is 0 Å². The molecule has 158 valence electrons. The number of aromatic carboxylic acids is 1. The number of halogens is 3. The van der Waals surface area contributed by atoms with Gasteiger partial charge in [0.1, 0.15) is 23.9 Å². The number of hydrogen-bond acceptors (Lipinski definition) is 3. The van der Waals surface area contributed by atoms with Gasteiger partial charge in [-0.3, -0.25) is 0 Å². The van der Waals surface area contributed by atoms with E-state index in [1.54, 1.807) is 36.4 Å². The van der Waals surface area contributed by atoms with Crippen molar-refractivity contribution < 1.29 is 19.0 Å². The first kappa shape index (κ1) is 21.3. The first-order valence-corrected chi connectivity index (χ1v) is 10.5. The monoisotopic (exact) mass is 457 g/mol. The van der Waals surface area contributed by atoms with Gasteiger partial charge in [-0.05, 0) is 72.9 Å². The molecule has 4 nitrogen and oxygen atoms in total. The molecule has 0 spiro atoms. The summed E-state index contributed by atoms with van der Waals surface area (Å²) in [6.07, 6.45) is 2.45. The Morgan fingerprint density at radius 3 is 2.55 bits per heavy atom. The van der Waals surface area contributed by atoms with Crippen molar-refractivity contribution in [3.63, 3.8) is 0 Å². The van der Waals surface area contributed by atoms with E-state index in [4.69, 9.17) is 27.9 Å². The molecular weight excluding hydrogens is 440 g/mol. The number of carboxylic acids is 1. The highest BCUT2D eigenvalue weighted by molar-refractivity contribution is 6.31. The molecule has 0 bridgehead atoms. The third-order valence-corrected chi connectivity index (χ3v) is 5.63. The number of ether oxygens (including phenoxy) is 1. The quantitative estimate of drug-likeness (QED) is 0.437. The standard InChI is InChI=1S/C24H18Cl2FNO3/c25-15-9-10-23(31-13-14-7-8-16(26)12-20(14)27)19(11-15)17-3-1-4-18(17)21-5-2-6-22(28-21)24(29)30/h2,5-12H,1,3-4,13H2,(H,29,30). The highest BCUT2D eigenvalue weighted by atomic mass is 35.5. The Morgan fingerprint density at radius 1 is 1.03 bits per heavy atom. The van der Waals surface area contributed by atoms with Crippen molar-refractivity contribution in [2.45, 2.75) is 25.9 Å². The largest absolute Gasteiger partial charge is 0.488 e. The molecule has 0 radical (unpaired) electrons. The van der Waals surface area contributed by atoms with Crippen LogP contribution in [0, 0.1) is 5.82 Å². The van der Waals surface area contributed by atoms with Crippen molar-refractivity contribution in [1.29, 1.82) is 0 Å². The Hall–Kier alpha value is -2.89. The minimum absolute atomic E-state index is 0.00275. The zero-order valence-corrected chi connectivity index (χ0v) is 17.9. The average Bonchev–Trinajstić information content (AvgIpc) is 3.23. The summed E-state index contributed by atoms with van der Waals surface area (Å²) in [5.41, 5.74) is 3.79. The molecule has 1 aliphatic carbocycles. The molecule has 0 aliphatic heterocycles. The summed E-state index contributed by atoms with van der Waals surface area (Å²) in [5, 5.41) is 10.1. The summed E-state index contributed by atoms with van der Waals surface area (Å²) < 4.78 is 20.1. The van der Waals surface area contributed by atoms with Gasteiger partial charge in [-0.2, -0.15) is 0 Å². The summed E-state index contributed by atoms with van der Waals surface area (Å²) in [5.74, 6) is -0.931. The average molecular weight is 458 g/mol. The molecule has 1 heterocycles. The maximum absolute atomic E-state index is 14.2. The zero-order valence-electron chi connectivity index (χ0n) is 16.4. The van der Waals surface area contributed by atoms with Crippen molar-refractivity contribution in [3.05, 3.63) is 93.0 Å². The van der Waals surface area contributed by atoms with Crippen LogP contribution in [-0.4, -0.2) is 16.1 Å². The van der Waals surface area contributed by atoms with Gasteiger partial charge in [-0.1, -0.05) is 35.3 Å². The lowest BCUT2D eigenvalue weighted by atomic mass is 9.99. The number of hydrogen-bond donors (Lipinski definition) is 1. The fourth-order valence-corrected chi connectivity index (χ4v) is 4.03. The molecule has 1 aliphatic rings. The number of aromatic nitrogens is 1. The Bertz CT molecular complexity index is 1190. The second-order valence-electron chi connectivity index (χ2n) is 7.19. The van der Waals surface area contributed by atoms with Crippen LogP contribution in [0.1, 0.15) is 46.6 Å². The van der Waals surface area contributed by atoms with Gasteiger partial charge in [0.05, 0.1) is 5.69 Å². The van der Waals surface area contributed by atoms with Crippen LogP contribution in [0.25, 0.3) is 11.1 Å². The van der Waals surface area contributed by atoms with Crippen molar-refractivity contribution in [2.75, 3.05) is 0 Å². The fourth-order valence-electron chi connectivity index (χ4n) is 3.70. The number of nitrogens with zero attached hydrogens (tertiary/aromatic N) is 1. The van der Waals surface area contributed by atoms with E-state index in [-0.39, 0.29) is 12.3 Å². The van der Waals surface area contributed by atoms with Crippen LogP contribution in [-0.2, 0) is 6.61 Å². The Morgan fingerprint density at radius 2 is 1.77 bits per heavy atom. The number of pyridine rings is 1. The van der Waals surface area contributed by atoms with Crippen molar-refractivity contribution in [2.24, 2.45) is 0 Å². The molecule has 3 aromatic rings. The van der Waals surface area contributed by atoms with E-state index < -0.39 is 11.8 Å². The predicted molar refractivity (Wildman–Crippen MR) is 119 cm³/mol. The molecule has 7 heteroatoms. The topological polar surface area (TPSA) is 59.4 Å². The van der Waals surface area contributed by atoms with E-state index in [0.717, 1.165) is 36.0 Å². The molecule has 1 N–H and O–H groups in total. The molecule has 0 amide bonds. The summed E-state index contributed by atoms with van der Waals surface area (Å²) >= 11 is 12.1. The normalized spacial score (nSPS) is 13.5. The molecule has 0 unspecified atom stereocenters. The van der Waals surface area contributed by atoms with Gasteiger partial charge >= 0.3 is 5.97 Å². The van der Waals surface area contributed by atoms with Crippen molar-refractivity contribution in [1.82, 2.24) is 4.98 Å². The van der Waals surface area contributed by atoms with Gasteiger partial charge in [0.15, 0.2) is 0 Å². The SMILES string of the molecule is O=C(O)c1cccc(C2=C(c3cc(Cl)ccc3OCc3ccc(Cl)cc3F)CCC2)n1. The molecule has 0 saturated heterocycles. The van der Waals surface area contributed by atoms with Gasteiger partial charge in [0.25, 0.3) is 0 Å². The van der Waals surface area contributed by atoms with E-state index in [9.17, 15) is 14.3 Å². The van der Waals surface area contributed by atoms with Crippen LogP contribution >= 0.6 is 23.2 Å². The van der Waals surface area contributed by atoms with E-state index >= 15 is 0 Å². The molecule has 0 fully saturated rings. The minimum Gasteiger partial charge on any atom is -0.488 e. The fraction of sp³-hybridized carbons (Fsp3) is 0.167. The molecule has 0 saturated carbocycles. The van der Waals surface area contributed by atoms with Crippen LogP contribution in [0.2, 0.25) is 10.0 Å². The van der Waals surface area contributed by atoms with E-state index in [1.807, 2.05) is 6.07 Å². The summed E-state index contributed by atoms with van der Waals surface area (Å²) in [7, 11) is 0. The smallest absolute Gasteiger partial charge is 0.354 e. The van der Waals surface area contributed by atoms with Crippen molar-refractivity contribution >= 4 is 40.3 Å². The molecule has 0 atom stereocenters. The lowest BCUT2D eigenvalue weighted by Crippen LogP contribution is -2.03. The van der Waals surface area contributed by atoms with E-state index in [2.05, 4.69) is 4.98 Å². The molecule has 1 aromatic heterocycles. The van der Waals surface area contributed by atoms with Crippen LogP contribution in [0.15, 0.2) is 54.6 Å². The minimum atomic E-state index is -1.07. The predicted octanol–water partition coefficient (Wildman–Crippen LogP) is 6.90. The van der Waals surface area contributed by atoms with Crippen LogP contribution in [0.5, 0.6) is 5.75 Å². The van der Waals surface area contributed by atoms with Crippen LogP contribution < -0.4 is 4.74 Å². The van der Waals surface area contributed by atoms with E-state index in [0.29, 0.717) is 27.1 Å². The first-order chi connectivity index (χ1) is 14.9. The third-order valence-electron chi connectivity index (χ3n) is 5.16. The van der Waals surface area contributed by atoms with Crippen LogP contribution in [0.3, 0.4) is 0 Å². The molecular formula is C24H18Cl2FNO3. The second kappa shape index (κ2) is 9.08. The highest BCUT2D eigenvalue weighted by Crippen LogP contribution is 2.43. The molecule has 4 rings (SSSR count).